The van der Waals surface area contributed by atoms with Crippen molar-refractivity contribution >= 4 is 10.8 Å². The topological polar surface area (TPSA) is 0 Å². The molecule has 1 atom stereocenters. The lowest BCUT2D eigenvalue weighted by Gasteiger charge is -2.08. The van der Waals surface area contributed by atoms with Crippen LogP contribution in [0.4, 0.5) is 0 Å². The van der Waals surface area contributed by atoms with Crippen molar-refractivity contribution in [1.82, 2.24) is 0 Å². The zero-order valence-electron chi connectivity index (χ0n) is 9.98. The number of hydrogen-bond donors (Lipinski definition) is 0. The average molecular weight is 210 g/mol. The Morgan fingerprint density at radius 3 is 2.56 bits per heavy atom. The van der Waals surface area contributed by atoms with E-state index in [2.05, 4.69) is 68.5 Å². The first-order chi connectivity index (χ1) is 7.81. The first kappa shape index (κ1) is 10.9. The molecule has 0 bridgehead atoms. The average Bonchev–Trinajstić information content (AvgIpc) is 2.35. The summed E-state index contributed by atoms with van der Waals surface area (Å²) in [5, 5.41) is 2.65. The predicted molar refractivity (Wildman–Crippen MR) is 71.8 cm³/mol. The van der Waals surface area contributed by atoms with E-state index < -0.39 is 0 Å². The molecule has 2 aromatic rings. The van der Waals surface area contributed by atoms with Gasteiger partial charge in [-0.3, -0.25) is 0 Å². The molecule has 0 saturated heterocycles. The lowest BCUT2D eigenvalue weighted by Crippen LogP contribution is -1.88. The summed E-state index contributed by atoms with van der Waals surface area (Å²) in [7, 11) is 0. The Balaban J connectivity index is 2.35. The third kappa shape index (κ3) is 2.33. The van der Waals surface area contributed by atoms with Crippen LogP contribution in [0.3, 0.4) is 0 Å². The SMILES string of the molecule is CC/C=C/[C@H](C)c1ccc2ccccc2c1. The Kier molecular flexibility index (Phi) is 3.40. The van der Waals surface area contributed by atoms with Crippen LogP contribution in [0.1, 0.15) is 31.7 Å². The smallest absolute Gasteiger partial charge is 0.00102 e. The molecule has 0 aliphatic carbocycles. The van der Waals surface area contributed by atoms with Crippen molar-refractivity contribution in [3.05, 3.63) is 60.2 Å². The van der Waals surface area contributed by atoms with E-state index in [1.165, 1.54) is 16.3 Å². The molecule has 0 aliphatic rings. The van der Waals surface area contributed by atoms with Crippen LogP contribution in [0, 0.1) is 0 Å². The van der Waals surface area contributed by atoms with Gasteiger partial charge in [-0.15, -0.1) is 0 Å². The van der Waals surface area contributed by atoms with Crippen LogP contribution >= 0.6 is 0 Å². The zero-order chi connectivity index (χ0) is 11.4. The summed E-state index contributed by atoms with van der Waals surface area (Å²) < 4.78 is 0. The summed E-state index contributed by atoms with van der Waals surface area (Å²) in [4.78, 5) is 0. The third-order valence-electron chi connectivity index (χ3n) is 2.96. The number of hydrogen-bond acceptors (Lipinski definition) is 0. The van der Waals surface area contributed by atoms with Crippen LogP contribution < -0.4 is 0 Å². The molecule has 0 aromatic heterocycles. The van der Waals surface area contributed by atoms with Crippen molar-refractivity contribution in [2.45, 2.75) is 26.2 Å². The van der Waals surface area contributed by atoms with Crippen molar-refractivity contribution in [1.29, 1.82) is 0 Å². The maximum Gasteiger partial charge on any atom is -0.00102 e. The van der Waals surface area contributed by atoms with Crippen molar-refractivity contribution in [2.24, 2.45) is 0 Å². The Morgan fingerprint density at radius 1 is 1.06 bits per heavy atom. The summed E-state index contributed by atoms with van der Waals surface area (Å²) in [6.45, 7) is 4.42. The molecule has 82 valence electrons. The van der Waals surface area contributed by atoms with Gasteiger partial charge in [0.25, 0.3) is 0 Å². The zero-order valence-corrected chi connectivity index (χ0v) is 9.98. The molecule has 2 aromatic carbocycles. The second kappa shape index (κ2) is 4.98. The van der Waals surface area contributed by atoms with Crippen molar-refractivity contribution < 1.29 is 0 Å². The molecular formula is C16H18. The first-order valence-electron chi connectivity index (χ1n) is 5.96. The van der Waals surface area contributed by atoms with Crippen LogP contribution in [0.25, 0.3) is 10.8 Å². The van der Waals surface area contributed by atoms with Gasteiger partial charge in [-0.1, -0.05) is 68.5 Å². The first-order valence-corrected chi connectivity index (χ1v) is 5.96. The fourth-order valence-corrected chi connectivity index (χ4v) is 1.94. The van der Waals surface area contributed by atoms with Gasteiger partial charge in [-0.05, 0) is 28.7 Å². The highest BCUT2D eigenvalue weighted by Gasteiger charge is 2.01. The van der Waals surface area contributed by atoms with Crippen molar-refractivity contribution in [2.75, 3.05) is 0 Å². The standard InChI is InChI=1S/C16H18/c1-3-4-7-13(2)15-11-10-14-8-5-6-9-16(14)12-15/h4-13H,3H2,1-2H3/b7-4+/t13-/m0/s1. The van der Waals surface area contributed by atoms with Crippen LogP contribution in [0.2, 0.25) is 0 Å². The second-order valence-electron chi connectivity index (χ2n) is 4.23. The normalized spacial score (nSPS) is 13.4. The molecule has 0 spiro atoms. The van der Waals surface area contributed by atoms with Gasteiger partial charge in [0.05, 0.1) is 0 Å². The van der Waals surface area contributed by atoms with Crippen LogP contribution in [-0.2, 0) is 0 Å². The Hall–Kier alpha value is -1.56. The van der Waals surface area contributed by atoms with E-state index in [1.807, 2.05) is 0 Å². The maximum atomic E-state index is 2.29. The monoisotopic (exact) mass is 210 g/mol. The van der Waals surface area contributed by atoms with Gasteiger partial charge < -0.3 is 0 Å². The largest absolute Gasteiger partial charge is 0.0882 e. The maximum absolute atomic E-state index is 2.29. The molecule has 0 amide bonds. The summed E-state index contributed by atoms with van der Waals surface area (Å²) in [5.74, 6) is 0.504. The molecule has 0 fully saturated rings. The fourth-order valence-electron chi connectivity index (χ4n) is 1.94. The minimum atomic E-state index is 0.504. The summed E-state index contributed by atoms with van der Waals surface area (Å²) in [5.41, 5.74) is 1.39. The highest BCUT2D eigenvalue weighted by molar-refractivity contribution is 5.83. The van der Waals surface area contributed by atoms with Gasteiger partial charge in [0.15, 0.2) is 0 Å². The van der Waals surface area contributed by atoms with Crippen LogP contribution in [-0.4, -0.2) is 0 Å². The van der Waals surface area contributed by atoms with Crippen molar-refractivity contribution in [3.8, 4) is 0 Å². The van der Waals surface area contributed by atoms with Gasteiger partial charge in [0.1, 0.15) is 0 Å². The molecule has 16 heavy (non-hydrogen) atoms. The van der Waals surface area contributed by atoms with Gasteiger partial charge in [0, 0.05) is 0 Å². The van der Waals surface area contributed by atoms with E-state index in [9.17, 15) is 0 Å². The third-order valence-corrected chi connectivity index (χ3v) is 2.96. The van der Waals surface area contributed by atoms with E-state index in [1.54, 1.807) is 0 Å². The molecule has 0 aliphatic heterocycles. The van der Waals surface area contributed by atoms with E-state index in [4.69, 9.17) is 0 Å². The highest BCUT2D eigenvalue weighted by atomic mass is 14.1. The van der Waals surface area contributed by atoms with Crippen LogP contribution in [0.5, 0.6) is 0 Å². The number of allylic oxidation sites excluding steroid dienone is 2. The number of fused-ring (bicyclic) bond motifs is 1. The predicted octanol–water partition coefficient (Wildman–Crippen LogP) is 4.91. The minimum Gasteiger partial charge on any atom is -0.0882 e. The molecule has 0 nitrogen and oxygen atoms in total. The molecular weight excluding hydrogens is 192 g/mol. The molecule has 0 heterocycles. The Morgan fingerprint density at radius 2 is 1.81 bits per heavy atom. The summed E-state index contributed by atoms with van der Waals surface area (Å²) in [6.07, 6.45) is 5.63. The Labute approximate surface area is 97.6 Å². The molecule has 0 unspecified atom stereocenters. The summed E-state index contributed by atoms with van der Waals surface area (Å²) in [6, 6.07) is 15.2. The minimum absolute atomic E-state index is 0.504. The lowest BCUT2D eigenvalue weighted by molar-refractivity contribution is 0.960. The number of benzene rings is 2. The van der Waals surface area contributed by atoms with Gasteiger partial charge in [0.2, 0.25) is 0 Å². The van der Waals surface area contributed by atoms with Gasteiger partial charge in [-0.25, -0.2) is 0 Å². The molecule has 2 rings (SSSR count). The molecule has 0 N–H and O–H groups in total. The molecule has 0 radical (unpaired) electrons. The highest BCUT2D eigenvalue weighted by Crippen LogP contribution is 2.22. The molecule has 0 heteroatoms. The van der Waals surface area contributed by atoms with E-state index in [-0.39, 0.29) is 0 Å². The number of rotatable bonds is 3. The quantitative estimate of drug-likeness (QED) is 0.631. The van der Waals surface area contributed by atoms with Crippen LogP contribution in [0.15, 0.2) is 54.6 Å². The fraction of sp³-hybridized carbons (Fsp3) is 0.250. The van der Waals surface area contributed by atoms with Crippen molar-refractivity contribution in [3.63, 3.8) is 0 Å². The van der Waals surface area contributed by atoms with E-state index in [0.29, 0.717) is 5.92 Å². The van der Waals surface area contributed by atoms with E-state index in [0.717, 1.165) is 6.42 Å². The molecule has 0 saturated carbocycles. The second-order valence-corrected chi connectivity index (χ2v) is 4.23. The summed E-state index contributed by atoms with van der Waals surface area (Å²) >= 11 is 0. The van der Waals surface area contributed by atoms with E-state index >= 15 is 0 Å². The lowest BCUT2D eigenvalue weighted by atomic mass is 9.97. The van der Waals surface area contributed by atoms with Gasteiger partial charge in [-0.2, -0.15) is 0 Å². The van der Waals surface area contributed by atoms with Gasteiger partial charge >= 0.3 is 0 Å². The Bertz CT molecular complexity index is 494.